The molecule has 3 aromatic rings. The van der Waals surface area contributed by atoms with Gasteiger partial charge in [0.25, 0.3) is 5.56 Å². The molecule has 0 saturated heterocycles. The molecule has 0 aromatic carbocycles. The van der Waals surface area contributed by atoms with Crippen LogP contribution in [0.2, 0.25) is 0 Å². The van der Waals surface area contributed by atoms with Crippen LogP contribution in [0.3, 0.4) is 0 Å². The van der Waals surface area contributed by atoms with E-state index < -0.39 is 0 Å². The third-order valence-electron chi connectivity index (χ3n) is 4.30. The number of amides is 1. The van der Waals surface area contributed by atoms with Crippen LogP contribution in [-0.2, 0) is 10.5 Å². The van der Waals surface area contributed by atoms with Crippen LogP contribution < -0.4 is 10.5 Å². The quantitative estimate of drug-likeness (QED) is 0.466. The zero-order valence-corrected chi connectivity index (χ0v) is 16.7. The Hall–Kier alpha value is -2.26. The molecule has 0 spiro atoms. The lowest BCUT2D eigenvalue weighted by atomic mass is 10.3. The number of hydrogen-bond donors (Lipinski definition) is 0. The summed E-state index contributed by atoms with van der Waals surface area (Å²) in [6.45, 7) is 3.83. The average molecular weight is 402 g/mol. The molecule has 3 heterocycles. The molecule has 0 bridgehead atoms. The molecule has 3 aromatic heterocycles. The van der Waals surface area contributed by atoms with Gasteiger partial charge in [-0.15, -0.1) is 10.2 Å². The molecule has 1 aliphatic rings. The number of aryl methyl sites for hydroxylation is 1. The number of carbonyl (C=O) groups is 1. The number of hydrogen-bond acceptors (Lipinski definition) is 7. The van der Waals surface area contributed by atoms with Gasteiger partial charge in [-0.2, -0.15) is 0 Å². The normalized spacial score (nSPS) is 13.9. The van der Waals surface area contributed by atoms with E-state index in [4.69, 9.17) is 0 Å². The topological polar surface area (TPSA) is 80.5 Å². The van der Waals surface area contributed by atoms with Crippen molar-refractivity contribution in [2.24, 2.45) is 0 Å². The Morgan fingerprint density at radius 1 is 1.37 bits per heavy atom. The number of nitrogens with zero attached hydrogens (tertiary/aromatic N) is 5. The first-order valence-corrected chi connectivity index (χ1v) is 10.6. The number of carbonyl (C=O) groups excluding carboxylic acids is 1. The Bertz CT molecular complexity index is 1060. The fraction of sp³-hybridized carbons (Fsp3) is 0.389. The molecule has 0 unspecified atom stereocenters. The smallest absolute Gasteiger partial charge is 0.258 e. The first kappa shape index (κ1) is 18.1. The second kappa shape index (κ2) is 7.40. The van der Waals surface area contributed by atoms with E-state index in [0.717, 1.165) is 22.7 Å². The van der Waals surface area contributed by atoms with Gasteiger partial charge in [0.2, 0.25) is 11.0 Å². The van der Waals surface area contributed by atoms with Crippen LogP contribution in [0.5, 0.6) is 0 Å². The maximum atomic E-state index is 12.2. The molecular formula is C18H19N5O2S2. The van der Waals surface area contributed by atoms with Crippen molar-refractivity contribution in [2.75, 3.05) is 4.90 Å². The van der Waals surface area contributed by atoms with E-state index in [1.165, 1.54) is 27.5 Å². The van der Waals surface area contributed by atoms with E-state index in [-0.39, 0.29) is 17.5 Å². The summed E-state index contributed by atoms with van der Waals surface area (Å²) in [6.07, 6.45) is 4.25. The highest BCUT2D eigenvalue weighted by Gasteiger charge is 2.35. The number of anilines is 1. The van der Waals surface area contributed by atoms with Crippen LogP contribution in [0.25, 0.3) is 5.65 Å². The second-order valence-corrected chi connectivity index (χ2v) is 8.68. The number of fused-ring (bicyclic) bond motifs is 1. The van der Waals surface area contributed by atoms with Gasteiger partial charge in [-0.3, -0.25) is 18.9 Å². The van der Waals surface area contributed by atoms with Gasteiger partial charge in [-0.1, -0.05) is 30.0 Å². The maximum Gasteiger partial charge on any atom is 0.258 e. The molecule has 9 heteroatoms. The molecular weight excluding hydrogens is 382 g/mol. The Balaban J connectivity index is 1.51. The molecule has 1 amide bonds. The minimum Gasteiger partial charge on any atom is -0.284 e. The van der Waals surface area contributed by atoms with Gasteiger partial charge >= 0.3 is 0 Å². The lowest BCUT2D eigenvalue weighted by Crippen LogP contribution is -2.32. The number of pyridine rings is 1. The summed E-state index contributed by atoms with van der Waals surface area (Å²) in [7, 11) is 0. The third-order valence-corrected chi connectivity index (χ3v) is 6.39. The lowest BCUT2D eigenvalue weighted by Gasteiger charge is -2.17. The molecule has 1 fully saturated rings. The molecule has 1 aliphatic carbocycles. The first-order chi connectivity index (χ1) is 13.0. The molecule has 7 nitrogen and oxygen atoms in total. The van der Waals surface area contributed by atoms with Crippen LogP contribution in [-0.4, -0.2) is 31.5 Å². The zero-order valence-electron chi connectivity index (χ0n) is 15.1. The average Bonchev–Trinajstić information content (AvgIpc) is 3.37. The molecule has 140 valence electrons. The van der Waals surface area contributed by atoms with Crippen molar-refractivity contribution < 1.29 is 4.79 Å². The van der Waals surface area contributed by atoms with Gasteiger partial charge in [0.1, 0.15) is 5.65 Å². The monoisotopic (exact) mass is 401 g/mol. The SMILES string of the molecule is CCC(=O)N(c1nnc(SCc2cc(=O)n3ccc(C)cc3n2)s1)C1CC1. The minimum atomic E-state index is -0.0954. The Morgan fingerprint density at radius 2 is 2.19 bits per heavy atom. The summed E-state index contributed by atoms with van der Waals surface area (Å²) in [4.78, 5) is 30.8. The molecule has 0 aliphatic heterocycles. The highest BCUT2D eigenvalue weighted by Crippen LogP contribution is 2.36. The Labute approximate surface area is 164 Å². The third kappa shape index (κ3) is 3.89. The highest BCUT2D eigenvalue weighted by molar-refractivity contribution is 8.00. The maximum absolute atomic E-state index is 12.2. The van der Waals surface area contributed by atoms with E-state index in [9.17, 15) is 9.59 Å². The molecule has 0 atom stereocenters. The fourth-order valence-corrected chi connectivity index (χ4v) is 4.61. The predicted molar refractivity (Wildman–Crippen MR) is 106 cm³/mol. The van der Waals surface area contributed by atoms with Gasteiger partial charge in [-0.05, 0) is 37.5 Å². The minimum absolute atomic E-state index is 0.0878. The van der Waals surface area contributed by atoms with E-state index in [1.807, 2.05) is 26.0 Å². The molecule has 0 radical (unpaired) electrons. The fourth-order valence-electron chi connectivity index (χ4n) is 2.79. The van der Waals surface area contributed by atoms with Gasteiger partial charge in [0, 0.05) is 30.5 Å². The highest BCUT2D eigenvalue weighted by atomic mass is 32.2. The molecule has 1 saturated carbocycles. The van der Waals surface area contributed by atoms with Crippen molar-refractivity contribution >= 4 is 39.8 Å². The number of rotatable bonds is 6. The molecule has 0 N–H and O–H groups in total. The standard InChI is InChI=1S/C18H19N5O2S2/c1-3-15(24)23(13-4-5-13)17-20-21-18(27-17)26-10-12-9-16(25)22-7-6-11(2)8-14(22)19-12/h6-9,13H,3-5,10H2,1-2H3. The van der Waals surface area contributed by atoms with E-state index in [2.05, 4.69) is 15.2 Å². The van der Waals surface area contributed by atoms with Crippen molar-refractivity contribution in [1.29, 1.82) is 0 Å². The number of aromatic nitrogens is 4. The summed E-state index contributed by atoms with van der Waals surface area (Å²) >= 11 is 2.90. The summed E-state index contributed by atoms with van der Waals surface area (Å²) in [5, 5.41) is 9.07. The van der Waals surface area contributed by atoms with Crippen molar-refractivity contribution in [3.63, 3.8) is 0 Å². The van der Waals surface area contributed by atoms with Crippen molar-refractivity contribution in [2.45, 2.75) is 49.2 Å². The van der Waals surface area contributed by atoms with E-state index in [0.29, 0.717) is 28.6 Å². The lowest BCUT2D eigenvalue weighted by molar-refractivity contribution is -0.118. The van der Waals surface area contributed by atoms with Crippen molar-refractivity contribution in [3.05, 3.63) is 46.0 Å². The molecule has 4 rings (SSSR count). The van der Waals surface area contributed by atoms with Crippen molar-refractivity contribution in [1.82, 2.24) is 19.6 Å². The van der Waals surface area contributed by atoms with Crippen molar-refractivity contribution in [3.8, 4) is 0 Å². The van der Waals surface area contributed by atoms with Gasteiger partial charge in [0.15, 0.2) is 4.34 Å². The zero-order chi connectivity index (χ0) is 19.0. The van der Waals surface area contributed by atoms with E-state index >= 15 is 0 Å². The summed E-state index contributed by atoms with van der Waals surface area (Å²) < 4.78 is 2.31. The summed E-state index contributed by atoms with van der Waals surface area (Å²) in [6, 6.07) is 5.60. The van der Waals surface area contributed by atoms with Crippen LogP contribution in [0, 0.1) is 6.92 Å². The second-order valence-electron chi connectivity index (χ2n) is 6.51. The van der Waals surface area contributed by atoms with Crippen LogP contribution in [0.1, 0.15) is 37.4 Å². The van der Waals surface area contributed by atoms with E-state index in [1.54, 1.807) is 17.2 Å². The number of thioether (sulfide) groups is 1. The van der Waals surface area contributed by atoms with Gasteiger partial charge in [-0.25, -0.2) is 4.98 Å². The molecule has 27 heavy (non-hydrogen) atoms. The Morgan fingerprint density at radius 3 is 2.93 bits per heavy atom. The Kier molecular flexibility index (Phi) is 4.96. The summed E-state index contributed by atoms with van der Waals surface area (Å²) in [5.41, 5.74) is 2.31. The summed E-state index contributed by atoms with van der Waals surface area (Å²) in [5.74, 6) is 0.615. The predicted octanol–water partition coefficient (Wildman–Crippen LogP) is 3.05. The van der Waals surface area contributed by atoms with Crippen LogP contribution >= 0.6 is 23.1 Å². The van der Waals surface area contributed by atoms with Gasteiger partial charge in [0.05, 0.1) is 5.69 Å². The largest absolute Gasteiger partial charge is 0.284 e. The van der Waals surface area contributed by atoms with Gasteiger partial charge < -0.3 is 0 Å². The van der Waals surface area contributed by atoms with Crippen LogP contribution in [0.15, 0.2) is 33.5 Å². The van der Waals surface area contributed by atoms with Crippen LogP contribution in [0.4, 0.5) is 5.13 Å². The first-order valence-electron chi connectivity index (χ1n) is 8.82.